The molecule has 4 rings (SSSR count). The normalized spacial score (nSPS) is 20.6. The number of hydrogen-bond acceptors (Lipinski definition) is 3. The molecule has 2 aliphatic rings. The smallest absolute Gasteiger partial charge is 0.220 e. The Balaban J connectivity index is 1.29. The van der Waals surface area contributed by atoms with E-state index in [1.54, 1.807) is 0 Å². The number of rotatable bonds is 7. The number of carbonyl (C=O) groups excluding carboxylic acids is 1. The Morgan fingerprint density at radius 1 is 1.19 bits per heavy atom. The Hall–Kier alpha value is -1.78. The van der Waals surface area contributed by atoms with E-state index in [0.29, 0.717) is 23.4 Å². The molecule has 1 aromatic carbocycles. The minimum Gasteiger partial charge on any atom is -0.460 e. The molecule has 1 N–H and O–H groups in total. The molecule has 1 saturated carbocycles. The molecule has 0 bridgehead atoms. The van der Waals surface area contributed by atoms with Gasteiger partial charge in [0, 0.05) is 24.6 Å². The summed E-state index contributed by atoms with van der Waals surface area (Å²) in [5.41, 5.74) is 0.934. The number of nitrogens with zero attached hydrogens (tertiary/aromatic N) is 1. The largest absolute Gasteiger partial charge is 0.460 e. The van der Waals surface area contributed by atoms with Gasteiger partial charge in [-0.1, -0.05) is 23.7 Å². The van der Waals surface area contributed by atoms with Crippen molar-refractivity contribution in [2.45, 2.75) is 51.1 Å². The zero-order chi connectivity index (χ0) is 18.6. The van der Waals surface area contributed by atoms with Gasteiger partial charge in [-0.2, -0.15) is 0 Å². The minimum atomic E-state index is 0.227. The van der Waals surface area contributed by atoms with Crippen molar-refractivity contribution in [3.63, 3.8) is 0 Å². The SMILES string of the molecule is O=C(CC[C@H]1CCCN(Cc2ccc(-c3ccccc3Cl)o2)C1)NC1CC1. The standard InChI is InChI=1S/C22H27ClN2O2/c23-20-6-2-1-5-19(20)21-11-10-18(27-21)15-25-13-3-4-16(14-25)7-12-22(26)24-17-8-9-17/h1-2,5-6,10-11,16-17H,3-4,7-9,12-15H2,(H,24,26)/t16-/m1/s1. The number of halogens is 1. The molecule has 2 heterocycles. The van der Waals surface area contributed by atoms with Crippen molar-refractivity contribution in [2.24, 2.45) is 5.92 Å². The molecule has 1 atom stereocenters. The molecule has 27 heavy (non-hydrogen) atoms. The van der Waals surface area contributed by atoms with Gasteiger partial charge in [-0.05, 0) is 68.8 Å². The third-order valence-corrected chi connectivity index (χ3v) is 5.84. The fraction of sp³-hybridized carbons (Fsp3) is 0.500. The Kier molecular flexibility index (Phi) is 5.84. The number of amides is 1. The van der Waals surface area contributed by atoms with Crippen LogP contribution in [0.4, 0.5) is 0 Å². The van der Waals surface area contributed by atoms with Crippen molar-refractivity contribution in [1.82, 2.24) is 10.2 Å². The van der Waals surface area contributed by atoms with E-state index in [9.17, 15) is 4.79 Å². The predicted molar refractivity (Wildman–Crippen MR) is 108 cm³/mol. The summed E-state index contributed by atoms with van der Waals surface area (Å²) in [5.74, 6) is 2.62. The number of nitrogens with one attached hydrogen (secondary N) is 1. The second-order valence-corrected chi connectivity index (χ2v) is 8.28. The maximum Gasteiger partial charge on any atom is 0.220 e. The molecule has 1 saturated heterocycles. The highest BCUT2D eigenvalue weighted by Gasteiger charge is 2.25. The van der Waals surface area contributed by atoms with Gasteiger partial charge in [-0.3, -0.25) is 9.69 Å². The lowest BCUT2D eigenvalue weighted by Gasteiger charge is -2.32. The van der Waals surface area contributed by atoms with Crippen LogP contribution >= 0.6 is 11.6 Å². The molecule has 4 nitrogen and oxygen atoms in total. The fourth-order valence-electron chi connectivity index (χ4n) is 3.88. The molecule has 144 valence electrons. The van der Waals surface area contributed by atoms with Gasteiger partial charge < -0.3 is 9.73 Å². The third kappa shape index (κ3) is 5.14. The van der Waals surface area contributed by atoms with Gasteiger partial charge >= 0.3 is 0 Å². The highest BCUT2D eigenvalue weighted by molar-refractivity contribution is 6.33. The molecule has 2 fully saturated rings. The van der Waals surface area contributed by atoms with Gasteiger partial charge in [-0.15, -0.1) is 0 Å². The van der Waals surface area contributed by atoms with E-state index in [1.807, 2.05) is 36.4 Å². The van der Waals surface area contributed by atoms with Crippen LogP contribution in [0.2, 0.25) is 5.02 Å². The van der Waals surface area contributed by atoms with Gasteiger partial charge in [0.05, 0.1) is 11.6 Å². The third-order valence-electron chi connectivity index (χ3n) is 5.51. The van der Waals surface area contributed by atoms with Gasteiger partial charge in [0.1, 0.15) is 11.5 Å². The van der Waals surface area contributed by atoms with Crippen LogP contribution in [0.15, 0.2) is 40.8 Å². The van der Waals surface area contributed by atoms with Crippen LogP contribution in [0.1, 0.15) is 44.3 Å². The van der Waals surface area contributed by atoms with Crippen LogP contribution in [0, 0.1) is 5.92 Å². The molecule has 1 amide bonds. The molecule has 0 unspecified atom stereocenters. The topological polar surface area (TPSA) is 45.5 Å². The lowest BCUT2D eigenvalue weighted by Crippen LogP contribution is -2.35. The maximum absolute atomic E-state index is 11.9. The van der Waals surface area contributed by atoms with Crippen LogP contribution in [0.3, 0.4) is 0 Å². The molecular weight excluding hydrogens is 360 g/mol. The summed E-state index contributed by atoms with van der Waals surface area (Å²) in [4.78, 5) is 14.4. The Bertz CT molecular complexity index is 784. The van der Waals surface area contributed by atoms with E-state index in [0.717, 1.165) is 56.0 Å². The van der Waals surface area contributed by atoms with Crippen molar-refractivity contribution >= 4 is 17.5 Å². The van der Waals surface area contributed by atoms with Gasteiger partial charge in [0.2, 0.25) is 5.91 Å². The second-order valence-electron chi connectivity index (χ2n) is 7.87. The fourth-order valence-corrected chi connectivity index (χ4v) is 4.11. The first kappa shape index (κ1) is 18.6. The molecular formula is C22H27ClN2O2. The maximum atomic E-state index is 11.9. The van der Waals surface area contributed by atoms with Crippen molar-refractivity contribution in [2.75, 3.05) is 13.1 Å². The molecule has 2 aromatic rings. The second kappa shape index (κ2) is 8.49. The molecule has 1 aliphatic heterocycles. The summed E-state index contributed by atoms with van der Waals surface area (Å²) in [6.07, 6.45) is 6.36. The highest BCUT2D eigenvalue weighted by Crippen LogP contribution is 2.30. The molecule has 1 aliphatic carbocycles. The highest BCUT2D eigenvalue weighted by atomic mass is 35.5. The summed E-state index contributed by atoms with van der Waals surface area (Å²) < 4.78 is 6.05. The van der Waals surface area contributed by atoms with Crippen LogP contribution < -0.4 is 5.32 Å². The molecule has 5 heteroatoms. The minimum absolute atomic E-state index is 0.227. The van der Waals surface area contributed by atoms with Crippen LogP contribution in [-0.2, 0) is 11.3 Å². The molecule has 0 spiro atoms. The Morgan fingerprint density at radius 3 is 2.85 bits per heavy atom. The van der Waals surface area contributed by atoms with E-state index in [2.05, 4.69) is 10.2 Å². The summed E-state index contributed by atoms with van der Waals surface area (Å²) in [5, 5.41) is 3.80. The van der Waals surface area contributed by atoms with Crippen LogP contribution in [0.5, 0.6) is 0 Å². The summed E-state index contributed by atoms with van der Waals surface area (Å²) >= 11 is 6.27. The van der Waals surface area contributed by atoms with Crippen molar-refractivity contribution < 1.29 is 9.21 Å². The van der Waals surface area contributed by atoms with E-state index >= 15 is 0 Å². The average Bonchev–Trinajstić information content (AvgIpc) is 3.36. The Morgan fingerprint density at radius 2 is 2.04 bits per heavy atom. The van der Waals surface area contributed by atoms with Gasteiger partial charge in [0.25, 0.3) is 0 Å². The molecule has 1 aromatic heterocycles. The van der Waals surface area contributed by atoms with Gasteiger partial charge in [0.15, 0.2) is 0 Å². The summed E-state index contributed by atoms with van der Waals surface area (Å²) in [6.45, 7) is 2.95. The number of hydrogen-bond donors (Lipinski definition) is 1. The zero-order valence-electron chi connectivity index (χ0n) is 15.6. The molecule has 0 radical (unpaired) electrons. The zero-order valence-corrected chi connectivity index (χ0v) is 16.4. The number of carbonyl (C=O) groups is 1. The summed E-state index contributed by atoms with van der Waals surface area (Å²) in [6, 6.07) is 12.3. The first-order chi connectivity index (χ1) is 13.2. The predicted octanol–water partition coefficient (Wildman–Crippen LogP) is 4.87. The van der Waals surface area contributed by atoms with E-state index in [4.69, 9.17) is 16.0 Å². The lowest BCUT2D eigenvalue weighted by atomic mass is 9.93. The van der Waals surface area contributed by atoms with Crippen molar-refractivity contribution in [3.05, 3.63) is 47.2 Å². The van der Waals surface area contributed by atoms with E-state index in [1.165, 1.54) is 12.8 Å². The number of likely N-dealkylation sites (tertiary alicyclic amines) is 1. The van der Waals surface area contributed by atoms with E-state index in [-0.39, 0.29) is 5.91 Å². The van der Waals surface area contributed by atoms with Crippen LogP contribution in [0.25, 0.3) is 11.3 Å². The quantitative estimate of drug-likeness (QED) is 0.738. The average molecular weight is 387 g/mol. The summed E-state index contributed by atoms with van der Waals surface area (Å²) in [7, 11) is 0. The monoisotopic (exact) mass is 386 g/mol. The Labute approximate surface area is 165 Å². The first-order valence-electron chi connectivity index (χ1n) is 10.0. The van der Waals surface area contributed by atoms with E-state index < -0.39 is 0 Å². The van der Waals surface area contributed by atoms with Gasteiger partial charge in [-0.25, -0.2) is 0 Å². The van der Waals surface area contributed by atoms with Crippen molar-refractivity contribution in [3.8, 4) is 11.3 Å². The first-order valence-corrected chi connectivity index (χ1v) is 10.4. The number of piperidine rings is 1. The number of furan rings is 1. The lowest BCUT2D eigenvalue weighted by molar-refractivity contribution is -0.121. The van der Waals surface area contributed by atoms with Crippen LogP contribution in [-0.4, -0.2) is 29.9 Å². The van der Waals surface area contributed by atoms with Crippen molar-refractivity contribution in [1.29, 1.82) is 0 Å². The number of benzene rings is 1.